The molecule has 40 heavy (non-hydrogen) atoms. The van der Waals surface area contributed by atoms with E-state index in [0.717, 1.165) is 31.8 Å². The van der Waals surface area contributed by atoms with E-state index in [4.69, 9.17) is 9.47 Å². The number of benzene rings is 2. The fourth-order valence-electron chi connectivity index (χ4n) is 6.19. The Bertz CT molecular complexity index is 1470. The fourth-order valence-corrected chi connectivity index (χ4v) is 6.19. The molecule has 7 nitrogen and oxygen atoms in total. The maximum atomic E-state index is 13.9. The number of hydrogen-bond donors (Lipinski definition) is 2. The summed E-state index contributed by atoms with van der Waals surface area (Å²) in [5.74, 6) is 0.266. The number of ketones is 2. The lowest BCUT2D eigenvalue weighted by Gasteiger charge is -2.35. The molecule has 2 aromatic carbocycles. The van der Waals surface area contributed by atoms with Gasteiger partial charge in [-0.3, -0.25) is 14.5 Å². The van der Waals surface area contributed by atoms with E-state index in [-0.39, 0.29) is 35.3 Å². The van der Waals surface area contributed by atoms with Crippen molar-refractivity contribution < 1.29 is 24.1 Å². The molecule has 2 aliphatic heterocycles. The van der Waals surface area contributed by atoms with Gasteiger partial charge in [-0.2, -0.15) is 0 Å². The monoisotopic (exact) mass is 540 g/mol. The van der Waals surface area contributed by atoms with Gasteiger partial charge in [-0.15, -0.1) is 0 Å². The van der Waals surface area contributed by atoms with Crippen LogP contribution in [-0.4, -0.2) is 66.7 Å². The topological polar surface area (TPSA) is 81.8 Å². The Labute approximate surface area is 236 Å². The van der Waals surface area contributed by atoms with Crippen molar-refractivity contribution in [2.24, 2.45) is 5.41 Å². The van der Waals surface area contributed by atoms with Crippen molar-refractivity contribution in [1.82, 2.24) is 4.90 Å². The Kier molecular flexibility index (Phi) is 6.75. The maximum Gasteiger partial charge on any atom is 0.258 e. The van der Waals surface area contributed by atoms with Gasteiger partial charge in [-0.05, 0) is 37.3 Å². The lowest BCUT2D eigenvalue weighted by molar-refractivity contribution is -0.362. The number of allylic oxidation sites excluding steroid dienone is 2. The summed E-state index contributed by atoms with van der Waals surface area (Å²) in [6.07, 6.45) is 7.29. The molecule has 2 heterocycles. The molecule has 0 aromatic heterocycles. The first kappa shape index (κ1) is 26.7. The summed E-state index contributed by atoms with van der Waals surface area (Å²) in [5, 5.41) is 3.50. The normalized spacial score (nSPS) is 23.8. The molecule has 2 aliphatic carbocycles. The number of rotatable bonds is 5. The van der Waals surface area contributed by atoms with E-state index < -0.39 is 0 Å². The molecular formula is C33H38N3O4+. The summed E-state index contributed by atoms with van der Waals surface area (Å²) in [5.41, 5.74) is 4.90. The number of nitrogens with zero attached hydrogens (tertiary/aromatic N) is 1. The van der Waals surface area contributed by atoms with E-state index in [2.05, 4.69) is 62.0 Å². The standard InChI is InChI=1S/C33H37N3O4/c1-19-17-36(18-20(2)39-19)14-8-13-34-25-16-27-30(35-24-12-11-21(33(3,4)5)15-26(24)40-27)29-28(25)31(37)22-9-6-7-10-23(22)32(29)38/h6-7,9-12,15-16,19-20,26,34H,8,13-14,17-18H2,1-5H3/p+1/t19-,20+,26?. The zero-order chi connectivity index (χ0) is 28.2. The second-order valence-electron chi connectivity index (χ2n) is 12.4. The van der Waals surface area contributed by atoms with Crippen molar-refractivity contribution in [3.63, 3.8) is 0 Å². The third kappa shape index (κ3) is 4.82. The smallest absolute Gasteiger partial charge is 0.258 e. The minimum atomic E-state index is -0.287. The van der Waals surface area contributed by atoms with Crippen molar-refractivity contribution in [1.29, 1.82) is 0 Å². The second-order valence-corrected chi connectivity index (χ2v) is 12.4. The molecule has 0 spiro atoms. The number of anilines is 1. The first-order valence-electron chi connectivity index (χ1n) is 14.3. The quantitative estimate of drug-likeness (QED) is 0.479. The van der Waals surface area contributed by atoms with Crippen LogP contribution in [0.3, 0.4) is 0 Å². The number of fused-ring (bicyclic) bond motifs is 5. The van der Waals surface area contributed by atoms with Crippen LogP contribution in [0.25, 0.3) is 0 Å². The SMILES string of the molecule is C[C@@H]1CN(CCCNc2cc3c(c4c2C(=O)c2ccccc2C4=O)[NH+]=C2C=CC(C(C)(C)C)=CC2O3)C[C@H](C)O1. The second kappa shape index (κ2) is 10.1. The van der Waals surface area contributed by atoms with Crippen molar-refractivity contribution in [3.05, 3.63) is 76.4 Å². The molecule has 1 unspecified atom stereocenters. The highest BCUT2D eigenvalue weighted by molar-refractivity contribution is 6.32. The number of morpholine rings is 1. The minimum Gasteiger partial charge on any atom is -0.468 e. The van der Waals surface area contributed by atoms with E-state index in [1.807, 2.05) is 12.1 Å². The lowest BCUT2D eigenvalue weighted by Crippen LogP contribution is -2.72. The van der Waals surface area contributed by atoms with Crippen molar-refractivity contribution in [2.45, 2.75) is 59.4 Å². The average molecular weight is 541 g/mol. The molecule has 6 rings (SSSR count). The van der Waals surface area contributed by atoms with Gasteiger partial charge in [0.1, 0.15) is 5.56 Å². The third-order valence-electron chi connectivity index (χ3n) is 8.09. The van der Waals surface area contributed by atoms with Crippen LogP contribution in [-0.2, 0) is 4.74 Å². The zero-order valence-electron chi connectivity index (χ0n) is 24.0. The molecule has 2 N–H and O–H groups in total. The Morgan fingerprint density at radius 2 is 1.68 bits per heavy atom. The molecule has 1 saturated heterocycles. The summed E-state index contributed by atoms with van der Waals surface area (Å²) in [6, 6.07) is 8.96. The molecule has 7 heteroatoms. The summed E-state index contributed by atoms with van der Waals surface area (Å²) in [7, 11) is 0. The largest absolute Gasteiger partial charge is 0.468 e. The molecule has 1 fully saturated rings. The summed E-state index contributed by atoms with van der Waals surface area (Å²) >= 11 is 0. The van der Waals surface area contributed by atoms with E-state index in [1.165, 1.54) is 5.57 Å². The van der Waals surface area contributed by atoms with E-state index in [0.29, 0.717) is 45.9 Å². The van der Waals surface area contributed by atoms with Crippen molar-refractivity contribution >= 4 is 28.7 Å². The molecule has 208 valence electrons. The Morgan fingerprint density at radius 3 is 2.35 bits per heavy atom. The summed E-state index contributed by atoms with van der Waals surface area (Å²) in [6.45, 7) is 14.2. The molecule has 0 bridgehead atoms. The van der Waals surface area contributed by atoms with Gasteiger partial charge < -0.3 is 14.8 Å². The highest BCUT2D eigenvalue weighted by Crippen LogP contribution is 2.42. The van der Waals surface area contributed by atoms with Gasteiger partial charge in [0.05, 0.1) is 23.5 Å². The van der Waals surface area contributed by atoms with Crippen LogP contribution in [0.15, 0.2) is 54.1 Å². The van der Waals surface area contributed by atoms with Crippen LogP contribution in [0, 0.1) is 5.41 Å². The van der Waals surface area contributed by atoms with E-state index in [1.54, 1.807) is 24.3 Å². The number of ether oxygens (including phenoxy) is 2. The lowest BCUT2D eigenvalue weighted by atomic mass is 9.81. The predicted octanol–water partition coefficient (Wildman–Crippen LogP) is 3.83. The van der Waals surface area contributed by atoms with Gasteiger partial charge in [-0.25, -0.2) is 4.99 Å². The number of nitrogens with one attached hydrogen (secondary N) is 2. The van der Waals surface area contributed by atoms with Crippen LogP contribution >= 0.6 is 0 Å². The first-order valence-corrected chi connectivity index (χ1v) is 14.3. The third-order valence-corrected chi connectivity index (χ3v) is 8.09. The Hall–Kier alpha value is -3.55. The van der Waals surface area contributed by atoms with Gasteiger partial charge >= 0.3 is 0 Å². The number of carbonyl (C=O) groups is 2. The highest BCUT2D eigenvalue weighted by atomic mass is 16.5. The maximum absolute atomic E-state index is 13.9. The van der Waals surface area contributed by atoms with Crippen molar-refractivity contribution in [3.8, 4) is 5.75 Å². The van der Waals surface area contributed by atoms with Gasteiger partial charge in [-0.1, -0.05) is 51.1 Å². The van der Waals surface area contributed by atoms with Crippen LogP contribution in [0.2, 0.25) is 0 Å². The van der Waals surface area contributed by atoms with Crippen LogP contribution < -0.4 is 15.0 Å². The molecular weight excluding hydrogens is 502 g/mol. The fraction of sp³-hybridized carbons (Fsp3) is 0.424. The molecule has 0 saturated carbocycles. The molecule has 2 aromatic rings. The first-order chi connectivity index (χ1) is 19.1. The number of carbonyl (C=O) groups excluding carboxylic acids is 2. The predicted molar refractivity (Wildman–Crippen MR) is 156 cm³/mol. The highest BCUT2D eigenvalue weighted by Gasteiger charge is 2.41. The van der Waals surface area contributed by atoms with E-state index in [9.17, 15) is 9.59 Å². The molecule has 3 atom stereocenters. The Morgan fingerprint density at radius 1 is 1.00 bits per heavy atom. The molecule has 0 radical (unpaired) electrons. The van der Waals surface area contributed by atoms with E-state index >= 15 is 0 Å². The van der Waals surface area contributed by atoms with Crippen LogP contribution in [0.1, 0.15) is 72.9 Å². The van der Waals surface area contributed by atoms with Gasteiger partial charge in [0.15, 0.2) is 11.5 Å². The molecule has 4 aliphatic rings. The average Bonchev–Trinajstić information content (AvgIpc) is 2.91. The van der Waals surface area contributed by atoms with Crippen LogP contribution in [0.4, 0.5) is 11.4 Å². The zero-order valence-corrected chi connectivity index (χ0v) is 24.0. The van der Waals surface area contributed by atoms with Gasteiger partial charge in [0.25, 0.3) is 5.69 Å². The number of hydrogen-bond acceptors (Lipinski definition) is 6. The van der Waals surface area contributed by atoms with Gasteiger partial charge in [0.2, 0.25) is 17.6 Å². The molecule has 0 amide bonds. The summed E-state index contributed by atoms with van der Waals surface area (Å²) in [4.78, 5) is 33.6. The summed E-state index contributed by atoms with van der Waals surface area (Å²) < 4.78 is 12.4. The minimum absolute atomic E-state index is 0.0175. The van der Waals surface area contributed by atoms with Crippen LogP contribution in [0.5, 0.6) is 5.75 Å². The Balaban J connectivity index is 1.34. The van der Waals surface area contributed by atoms with Gasteiger partial charge in [0, 0.05) is 49.4 Å². The van der Waals surface area contributed by atoms with Crippen molar-refractivity contribution in [2.75, 3.05) is 31.5 Å².